The smallest absolute Gasteiger partial charge is 0.259 e. The molecule has 8 heteroatoms. The van der Waals surface area contributed by atoms with Gasteiger partial charge in [-0.1, -0.05) is 41.1 Å². The van der Waals surface area contributed by atoms with Crippen LogP contribution in [0.15, 0.2) is 64.6 Å². The van der Waals surface area contributed by atoms with Crippen LogP contribution >= 0.6 is 11.3 Å². The number of benzene rings is 1. The Morgan fingerprint density at radius 2 is 1.84 bits per heavy atom. The lowest BCUT2D eigenvalue weighted by atomic mass is 10.0. The molecule has 0 bridgehead atoms. The molecule has 31 heavy (non-hydrogen) atoms. The van der Waals surface area contributed by atoms with Crippen molar-refractivity contribution >= 4 is 33.5 Å². The molecule has 0 aliphatic heterocycles. The number of aryl methyl sites for hydroxylation is 2. The molecule has 0 saturated heterocycles. The minimum absolute atomic E-state index is 0.297. The number of hydrogen-bond acceptors (Lipinski definition) is 7. The molecule has 0 atom stereocenters. The van der Waals surface area contributed by atoms with Crippen LogP contribution in [0.4, 0.5) is 5.13 Å². The highest BCUT2D eigenvalue weighted by Crippen LogP contribution is 2.29. The number of aromatic nitrogens is 4. The highest BCUT2D eigenvalue weighted by Gasteiger charge is 2.20. The third kappa shape index (κ3) is 3.69. The summed E-state index contributed by atoms with van der Waals surface area (Å²) in [5, 5.41) is 9.83. The fraction of sp³-hybridized carbons (Fsp3) is 0.0870. The summed E-state index contributed by atoms with van der Waals surface area (Å²) in [5.41, 5.74) is 5.51. The van der Waals surface area contributed by atoms with E-state index in [0.717, 1.165) is 16.8 Å². The monoisotopic (exact) mass is 427 g/mol. The van der Waals surface area contributed by atoms with E-state index in [0.29, 0.717) is 38.9 Å². The maximum Gasteiger partial charge on any atom is 0.259 e. The van der Waals surface area contributed by atoms with Crippen LogP contribution in [-0.2, 0) is 0 Å². The van der Waals surface area contributed by atoms with Gasteiger partial charge in [0.15, 0.2) is 5.13 Å². The van der Waals surface area contributed by atoms with Crippen molar-refractivity contribution in [2.24, 2.45) is 0 Å². The van der Waals surface area contributed by atoms with Crippen LogP contribution in [0.2, 0.25) is 0 Å². The molecule has 152 valence electrons. The van der Waals surface area contributed by atoms with Gasteiger partial charge in [0.2, 0.25) is 0 Å². The van der Waals surface area contributed by atoms with Gasteiger partial charge in [-0.05, 0) is 32.0 Å². The van der Waals surface area contributed by atoms with Crippen molar-refractivity contribution in [3.05, 3.63) is 76.9 Å². The summed E-state index contributed by atoms with van der Waals surface area (Å²) in [6, 6.07) is 15.3. The second kappa shape index (κ2) is 7.73. The van der Waals surface area contributed by atoms with Gasteiger partial charge in [-0.15, -0.1) is 11.3 Å². The number of hydrogen-bond donors (Lipinski definition) is 1. The summed E-state index contributed by atoms with van der Waals surface area (Å²) in [6.07, 6.45) is 1.71. The third-order valence-electron chi connectivity index (χ3n) is 4.86. The standard InChI is InChI=1S/C23H17N5O2S/c1-13-6-8-15(9-7-13)18-11-16(20-14(2)28-30-22(20)25-18)21(29)27-23-26-19(12-31-23)17-5-3-4-10-24-17/h3-12H,1-2H3,(H,26,27,29). The van der Waals surface area contributed by atoms with Crippen molar-refractivity contribution in [3.8, 4) is 22.6 Å². The summed E-state index contributed by atoms with van der Waals surface area (Å²) in [6.45, 7) is 3.81. The first-order valence-corrected chi connectivity index (χ1v) is 10.5. The zero-order valence-corrected chi connectivity index (χ0v) is 17.6. The van der Waals surface area contributed by atoms with E-state index in [9.17, 15) is 4.79 Å². The van der Waals surface area contributed by atoms with Gasteiger partial charge in [-0.25, -0.2) is 9.97 Å². The van der Waals surface area contributed by atoms with Crippen LogP contribution in [-0.4, -0.2) is 26.0 Å². The molecule has 0 aliphatic carbocycles. The van der Waals surface area contributed by atoms with E-state index < -0.39 is 0 Å². The number of fused-ring (bicyclic) bond motifs is 1. The Morgan fingerprint density at radius 3 is 2.61 bits per heavy atom. The van der Waals surface area contributed by atoms with Crippen molar-refractivity contribution < 1.29 is 9.32 Å². The summed E-state index contributed by atoms with van der Waals surface area (Å²) in [5.74, 6) is -0.297. The average Bonchev–Trinajstić information content (AvgIpc) is 3.41. The van der Waals surface area contributed by atoms with Gasteiger partial charge < -0.3 is 4.52 Å². The van der Waals surface area contributed by atoms with E-state index in [1.54, 1.807) is 19.2 Å². The Kier molecular flexibility index (Phi) is 4.76. The molecule has 4 aromatic heterocycles. The number of nitrogens with one attached hydrogen (secondary N) is 1. The van der Waals surface area contributed by atoms with Crippen molar-refractivity contribution in [1.82, 2.24) is 20.1 Å². The van der Waals surface area contributed by atoms with Crippen molar-refractivity contribution in [3.63, 3.8) is 0 Å². The molecular weight excluding hydrogens is 410 g/mol. The molecule has 5 rings (SSSR count). The maximum atomic E-state index is 13.2. The molecule has 7 nitrogen and oxygen atoms in total. The third-order valence-corrected chi connectivity index (χ3v) is 5.62. The quantitative estimate of drug-likeness (QED) is 0.419. The molecule has 0 spiro atoms. The SMILES string of the molecule is Cc1ccc(-c2cc(C(=O)Nc3nc(-c4ccccn4)cs3)c3c(C)noc3n2)cc1. The molecular formula is C23H17N5O2S. The van der Waals surface area contributed by atoms with E-state index in [4.69, 9.17) is 4.52 Å². The molecule has 0 radical (unpaired) electrons. The Balaban J connectivity index is 1.51. The number of pyridine rings is 2. The molecule has 5 aromatic rings. The average molecular weight is 427 g/mol. The molecule has 0 aliphatic rings. The second-order valence-corrected chi connectivity index (χ2v) is 7.93. The Hall–Kier alpha value is -3.91. The molecule has 0 saturated carbocycles. The van der Waals surface area contributed by atoms with Crippen LogP contribution < -0.4 is 5.32 Å². The molecule has 1 amide bonds. The van der Waals surface area contributed by atoms with Gasteiger partial charge in [0.25, 0.3) is 11.6 Å². The highest BCUT2D eigenvalue weighted by molar-refractivity contribution is 7.14. The number of nitrogens with zero attached hydrogens (tertiary/aromatic N) is 4. The van der Waals surface area contributed by atoms with Crippen molar-refractivity contribution in [2.75, 3.05) is 5.32 Å². The van der Waals surface area contributed by atoms with E-state index >= 15 is 0 Å². The lowest BCUT2D eigenvalue weighted by Crippen LogP contribution is -2.13. The molecule has 0 fully saturated rings. The van der Waals surface area contributed by atoms with Crippen molar-refractivity contribution in [1.29, 1.82) is 0 Å². The maximum absolute atomic E-state index is 13.2. The fourth-order valence-corrected chi connectivity index (χ4v) is 3.97. The van der Waals surface area contributed by atoms with Crippen LogP contribution in [0.5, 0.6) is 0 Å². The van der Waals surface area contributed by atoms with Crippen LogP contribution in [0.3, 0.4) is 0 Å². The van der Waals surface area contributed by atoms with Crippen LogP contribution in [0.25, 0.3) is 33.7 Å². The first-order chi connectivity index (χ1) is 15.1. The fourth-order valence-electron chi connectivity index (χ4n) is 3.27. The number of carbonyl (C=O) groups excluding carboxylic acids is 1. The lowest BCUT2D eigenvalue weighted by molar-refractivity contribution is 0.102. The van der Waals surface area contributed by atoms with E-state index in [1.807, 2.05) is 54.8 Å². The summed E-state index contributed by atoms with van der Waals surface area (Å²) < 4.78 is 5.38. The number of amides is 1. The number of thiazole rings is 1. The van der Waals surface area contributed by atoms with Crippen LogP contribution in [0, 0.1) is 13.8 Å². The first-order valence-electron chi connectivity index (χ1n) is 9.61. The summed E-state index contributed by atoms with van der Waals surface area (Å²) in [7, 11) is 0. The van der Waals surface area contributed by atoms with E-state index in [1.165, 1.54) is 11.3 Å². The zero-order chi connectivity index (χ0) is 21.4. The second-order valence-electron chi connectivity index (χ2n) is 7.08. The Labute approximate surface area is 181 Å². The van der Waals surface area contributed by atoms with Gasteiger partial charge in [0.1, 0.15) is 5.69 Å². The zero-order valence-electron chi connectivity index (χ0n) is 16.8. The summed E-state index contributed by atoms with van der Waals surface area (Å²) in [4.78, 5) is 26.6. The van der Waals surface area contributed by atoms with Crippen LogP contribution in [0.1, 0.15) is 21.6 Å². The number of rotatable bonds is 4. The topological polar surface area (TPSA) is 93.8 Å². The predicted octanol–water partition coefficient (Wildman–Crippen LogP) is 5.28. The largest absolute Gasteiger partial charge is 0.335 e. The van der Waals surface area contributed by atoms with Gasteiger partial charge in [0.05, 0.1) is 28.0 Å². The molecule has 0 unspecified atom stereocenters. The van der Waals surface area contributed by atoms with Gasteiger partial charge >= 0.3 is 0 Å². The van der Waals surface area contributed by atoms with Gasteiger partial charge in [0, 0.05) is 17.1 Å². The minimum atomic E-state index is -0.297. The Morgan fingerprint density at radius 1 is 1.00 bits per heavy atom. The first kappa shape index (κ1) is 19.1. The van der Waals surface area contributed by atoms with Crippen molar-refractivity contribution in [2.45, 2.75) is 13.8 Å². The molecule has 1 aromatic carbocycles. The number of anilines is 1. The Bertz CT molecular complexity index is 1390. The lowest BCUT2D eigenvalue weighted by Gasteiger charge is -2.07. The summed E-state index contributed by atoms with van der Waals surface area (Å²) >= 11 is 1.34. The van der Waals surface area contributed by atoms with Gasteiger partial charge in [-0.3, -0.25) is 15.1 Å². The normalized spacial score (nSPS) is 11.0. The molecule has 1 N–H and O–H groups in total. The highest BCUT2D eigenvalue weighted by atomic mass is 32.1. The molecule has 4 heterocycles. The minimum Gasteiger partial charge on any atom is -0.335 e. The predicted molar refractivity (Wildman–Crippen MR) is 120 cm³/mol. The number of carbonyl (C=O) groups is 1. The van der Waals surface area contributed by atoms with Gasteiger partial charge in [-0.2, -0.15) is 0 Å². The van der Waals surface area contributed by atoms with E-state index in [2.05, 4.69) is 25.4 Å². The van der Waals surface area contributed by atoms with E-state index in [-0.39, 0.29) is 5.91 Å².